The van der Waals surface area contributed by atoms with Gasteiger partial charge in [0.05, 0.1) is 0 Å². The number of hydrogen-bond donors (Lipinski definition) is 1. The van der Waals surface area contributed by atoms with E-state index in [1.54, 1.807) is 24.1 Å². The van der Waals surface area contributed by atoms with Gasteiger partial charge in [0.15, 0.2) is 6.61 Å². The van der Waals surface area contributed by atoms with Crippen LogP contribution in [0.1, 0.15) is 42.9 Å². The normalized spacial score (nSPS) is 11.7. The van der Waals surface area contributed by atoms with Crippen molar-refractivity contribution in [3.8, 4) is 5.75 Å². The number of carboxylic acids is 1. The number of hydrogen-bond acceptors (Lipinski definition) is 3. The van der Waals surface area contributed by atoms with Crippen LogP contribution in [0.2, 0.25) is 0 Å². The Morgan fingerprint density at radius 2 is 1.63 bits per heavy atom. The van der Waals surface area contributed by atoms with Crippen molar-refractivity contribution in [1.29, 1.82) is 0 Å². The number of carboxylic acid groups (broad SMARTS) is 1. The van der Waals surface area contributed by atoms with E-state index in [4.69, 9.17) is 9.84 Å². The highest BCUT2D eigenvalue weighted by atomic mass is 16.5. The van der Waals surface area contributed by atoms with E-state index in [0.29, 0.717) is 18.7 Å². The minimum atomic E-state index is -1.01. The minimum absolute atomic E-state index is 0.0910. The number of aryl methyl sites for hydroxylation is 1. The van der Waals surface area contributed by atoms with E-state index in [1.165, 1.54) is 11.1 Å². The smallest absolute Gasteiger partial charge is 0.341 e. The summed E-state index contributed by atoms with van der Waals surface area (Å²) in [5.41, 5.74) is 3.44. The molecular formula is C22H27NO4. The van der Waals surface area contributed by atoms with Gasteiger partial charge in [-0.25, -0.2) is 4.79 Å². The van der Waals surface area contributed by atoms with Crippen LogP contribution in [0.3, 0.4) is 0 Å². The van der Waals surface area contributed by atoms with Crippen molar-refractivity contribution in [3.63, 3.8) is 0 Å². The molecule has 0 aliphatic heterocycles. The number of carbonyl (C=O) groups is 2. The van der Waals surface area contributed by atoms with Crippen LogP contribution in [-0.4, -0.2) is 35.5 Å². The Morgan fingerprint density at radius 3 is 2.19 bits per heavy atom. The first-order chi connectivity index (χ1) is 12.9. The number of rotatable bonds is 9. The van der Waals surface area contributed by atoms with Gasteiger partial charge in [0.1, 0.15) is 5.75 Å². The van der Waals surface area contributed by atoms with E-state index >= 15 is 0 Å². The third-order valence-electron chi connectivity index (χ3n) is 4.57. The summed E-state index contributed by atoms with van der Waals surface area (Å²) in [5, 5.41) is 8.62. The summed E-state index contributed by atoms with van der Waals surface area (Å²) in [6.45, 7) is 4.33. The van der Waals surface area contributed by atoms with Crippen LogP contribution in [0.5, 0.6) is 5.75 Å². The van der Waals surface area contributed by atoms with Gasteiger partial charge in [-0.1, -0.05) is 50.2 Å². The predicted octanol–water partition coefficient (Wildman–Crippen LogP) is 3.86. The van der Waals surface area contributed by atoms with Gasteiger partial charge in [-0.05, 0) is 41.2 Å². The predicted molar refractivity (Wildman–Crippen MR) is 105 cm³/mol. The van der Waals surface area contributed by atoms with Gasteiger partial charge in [-0.2, -0.15) is 0 Å². The molecular weight excluding hydrogens is 342 g/mol. The summed E-state index contributed by atoms with van der Waals surface area (Å²) in [7, 11) is 1.80. The van der Waals surface area contributed by atoms with Gasteiger partial charge >= 0.3 is 5.97 Å². The molecule has 0 aromatic heterocycles. The van der Waals surface area contributed by atoms with Crippen LogP contribution < -0.4 is 4.74 Å². The molecule has 144 valence electrons. The Labute approximate surface area is 160 Å². The van der Waals surface area contributed by atoms with Crippen molar-refractivity contribution in [2.24, 2.45) is 0 Å². The second-order valence-electron chi connectivity index (χ2n) is 6.78. The second-order valence-corrected chi connectivity index (χ2v) is 6.78. The first-order valence-corrected chi connectivity index (χ1v) is 9.15. The van der Waals surface area contributed by atoms with Crippen molar-refractivity contribution < 1.29 is 19.4 Å². The zero-order valence-electron chi connectivity index (χ0n) is 16.1. The molecule has 0 radical (unpaired) electrons. The molecule has 5 nitrogen and oxygen atoms in total. The summed E-state index contributed by atoms with van der Waals surface area (Å²) in [6.07, 6.45) is 1.47. The van der Waals surface area contributed by atoms with E-state index in [1.807, 2.05) is 12.1 Å². The molecule has 0 bridgehead atoms. The lowest BCUT2D eigenvalue weighted by Gasteiger charge is -2.20. The molecule has 1 atom stereocenters. The molecule has 0 fully saturated rings. The lowest BCUT2D eigenvalue weighted by Crippen LogP contribution is -2.27. The maximum Gasteiger partial charge on any atom is 0.341 e. The Bertz CT molecular complexity index is 753. The summed E-state index contributed by atoms with van der Waals surface area (Å²) in [6, 6.07) is 15.6. The molecule has 1 unspecified atom stereocenters. The number of amides is 1. The molecule has 2 rings (SSSR count). The number of carbonyl (C=O) groups excluding carboxylic acids is 1. The fraction of sp³-hybridized carbons (Fsp3) is 0.364. The van der Waals surface area contributed by atoms with Gasteiger partial charge in [-0.3, -0.25) is 4.79 Å². The third kappa shape index (κ3) is 6.44. The Hall–Kier alpha value is -2.82. The highest BCUT2D eigenvalue weighted by molar-refractivity contribution is 5.76. The molecule has 0 aliphatic rings. The highest BCUT2D eigenvalue weighted by Gasteiger charge is 2.15. The first-order valence-electron chi connectivity index (χ1n) is 9.15. The monoisotopic (exact) mass is 369 g/mol. The molecule has 5 heteroatoms. The zero-order valence-corrected chi connectivity index (χ0v) is 16.1. The summed E-state index contributed by atoms with van der Waals surface area (Å²) in [4.78, 5) is 24.8. The van der Waals surface area contributed by atoms with E-state index in [-0.39, 0.29) is 18.4 Å². The molecule has 0 spiro atoms. The number of ether oxygens (including phenoxy) is 1. The molecule has 27 heavy (non-hydrogen) atoms. The average Bonchev–Trinajstić information content (AvgIpc) is 2.67. The van der Waals surface area contributed by atoms with Crippen LogP contribution in [0, 0.1) is 0 Å². The average molecular weight is 369 g/mol. The van der Waals surface area contributed by atoms with Gasteiger partial charge in [0.2, 0.25) is 5.91 Å². The van der Waals surface area contributed by atoms with Crippen molar-refractivity contribution in [1.82, 2.24) is 4.90 Å². The van der Waals surface area contributed by atoms with Crippen LogP contribution in [-0.2, 0) is 22.6 Å². The third-order valence-corrected chi connectivity index (χ3v) is 4.57. The molecule has 2 aromatic rings. The number of benzene rings is 2. The highest BCUT2D eigenvalue weighted by Crippen LogP contribution is 2.21. The maximum absolute atomic E-state index is 12.5. The van der Waals surface area contributed by atoms with E-state index in [2.05, 4.69) is 38.1 Å². The SMILES string of the molecule is CCc1ccc(C(C)CC(=O)N(C)Cc2ccc(OCC(=O)O)cc2)cc1. The lowest BCUT2D eigenvalue weighted by molar-refractivity contribution is -0.139. The molecule has 0 saturated carbocycles. The van der Waals surface area contributed by atoms with E-state index < -0.39 is 5.97 Å². The topological polar surface area (TPSA) is 66.8 Å². The van der Waals surface area contributed by atoms with Crippen LogP contribution in [0.25, 0.3) is 0 Å². The fourth-order valence-electron chi connectivity index (χ4n) is 2.82. The molecule has 0 saturated heterocycles. The number of nitrogens with zero attached hydrogens (tertiary/aromatic N) is 1. The summed E-state index contributed by atoms with van der Waals surface area (Å²) >= 11 is 0. The van der Waals surface area contributed by atoms with Crippen LogP contribution in [0.4, 0.5) is 0 Å². The molecule has 1 N–H and O–H groups in total. The summed E-state index contributed by atoms with van der Waals surface area (Å²) < 4.78 is 5.11. The Morgan fingerprint density at radius 1 is 1.04 bits per heavy atom. The molecule has 0 aliphatic carbocycles. The van der Waals surface area contributed by atoms with Crippen molar-refractivity contribution in [3.05, 3.63) is 65.2 Å². The zero-order chi connectivity index (χ0) is 19.8. The lowest BCUT2D eigenvalue weighted by atomic mass is 9.96. The fourth-order valence-corrected chi connectivity index (χ4v) is 2.82. The quantitative estimate of drug-likeness (QED) is 0.729. The Balaban J connectivity index is 1.87. The number of aliphatic carboxylic acids is 1. The molecule has 0 heterocycles. The Kier molecular flexibility index (Phi) is 7.41. The van der Waals surface area contributed by atoms with Crippen LogP contribution in [0.15, 0.2) is 48.5 Å². The largest absolute Gasteiger partial charge is 0.482 e. The van der Waals surface area contributed by atoms with Gasteiger partial charge < -0.3 is 14.7 Å². The molecule has 1 amide bonds. The van der Waals surface area contributed by atoms with Crippen molar-refractivity contribution in [2.45, 2.75) is 39.2 Å². The van der Waals surface area contributed by atoms with E-state index in [9.17, 15) is 9.59 Å². The van der Waals surface area contributed by atoms with Crippen LogP contribution >= 0.6 is 0 Å². The van der Waals surface area contributed by atoms with E-state index in [0.717, 1.165) is 12.0 Å². The second kappa shape index (κ2) is 9.76. The standard InChI is InChI=1S/C22H27NO4/c1-4-17-5-9-19(10-6-17)16(2)13-21(24)23(3)14-18-7-11-20(12-8-18)27-15-22(25)26/h5-12,16H,4,13-15H2,1-3H3,(H,25,26). The first kappa shape index (κ1) is 20.5. The summed E-state index contributed by atoms with van der Waals surface area (Å²) in [5.74, 6) is -0.256. The van der Waals surface area contributed by atoms with Gasteiger partial charge in [-0.15, -0.1) is 0 Å². The molecule has 2 aromatic carbocycles. The van der Waals surface area contributed by atoms with Gasteiger partial charge in [0.25, 0.3) is 0 Å². The van der Waals surface area contributed by atoms with Crippen molar-refractivity contribution >= 4 is 11.9 Å². The van der Waals surface area contributed by atoms with Crippen molar-refractivity contribution in [2.75, 3.05) is 13.7 Å². The minimum Gasteiger partial charge on any atom is -0.482 e. The maximum atomic E-state index is 12.5. The van der Waals surface area contributed by atoms with Gasteiger partial charge in [0, 0.05) is 20.0 Å².